The van der Waals surface area contributed by atoms with E-state index in [4.69, 9.17) is 14.7 Å². The highest BCUT2D eigenvalue weighted by molar-refractivity contribution is 5.92. The van der Waals surface area contributed by atoms with Crippen LogP contribution in [0.5, 0.6) is 11.5 Å². The van der Waals surface area contributed by atoms with Gasteiger partial charge in [0.1, 0.15) is 23.7 Å². The van der Waals surface area contributed by atoms with Crippen molar-refractivity contribution < 1.29 is 14.3 Å². The third-order valence-electron chi connectivity index (χ3n) is 3.57. The van der Waals surface area contributed by atoms with Crippen LogP contribution in [0.1, 0.15) is 21.5 Å². The molecular formula is C21H15NO3. The highest BCUT2D eigenvalue weighted by Crippen LogP contribution is 2.26. The normalized spacial score (nSPS) is 9.88. The third kappa shape index (κ3) is 4.04. The van der Waals surface area contributed by atoms with E-state index < -0.39 is 5.97 Å². The number of benzene rings is 3. The maximum absolute atomic E-state index is 12.4. The Bertz CT molecular complexity index is 914. The molecular weight excluding hydrogens is 314 g/mol. The molecule has 25 heavy (non-hydrogen) atoms. The Morgan fingerprint density at radius 3 is 2.36 bits per heavy atom. The highest BCUT2D eigenvalue weighted by atomic mass is 16.5. The van der Waals surface area contributed by atoms with Crippen molar-refractivity contribution in [2.75, 3.05) is 0 Å². The van der Waals surface area contributed by atoms with Crippen molar-refractivity contribution in [3.05, 3.63) is 95.6 Å². The van der Waals surface area contributed by atoms with Gasteiger partial charge in [-0.25, -0.2) is 4.79 Å². The lowest BCUT2D eigenvalue weighted by Gasteiger charge is -2.11. The Hall–Kier alpha value is -3.58. The Morgan fingerprint density at radius 2 is 1.56 bits per heavy atom. The maximum atomic E-state index is 12.4. The van der Waals surface area contributed by atoms with Crippen molar-refractivity contribution in [2.24, 2.45) is 0 Å². The van der Waals surface area contributed by atoms with Crippen molar-refractivity contribution in [3.63, 3.8) is 0 Å². The molecule has 0 aromatic heterocycles. The molecule has 0 heterocycles. The summed E-state index contributed by atoms with van der Waals surface area (Å²) in [4.78, 5) is 12.4. The van der Waals surface area contributed by atoms with Crippen LogP contribution < -0.4 is 4.74 Å². The number of hydrogen-bond donors (Lipinski definition) is 0. The van der Waals surface area contributed by atoms with Gasteiger partial charge >= 0.3 is 5.97 Å². The zero-order valence-electron chi connectivity index (χ0n) is 13.4. The van der Waals surface area contributed by atoms with Crippen molar-refractivity contribution in [1.82, 2.24) is 0 Å². The number of nitrogens with zero attached hydrogens (tertiary/aromatic N) is 1. The summed E-state index contributed by atoms with van der Waals surface area (Å²) in [5.41, 5.74) is 1.49. The van der Waals surface area contributed by atoms with Gasteiger partial charge in [0.2, 0.25) is 0 Å². The van der Waals surface area contributed by atoms with E-state index in [2.05, 4.69) is 6.07 Å². The molecule has 0 aliphatic carbocycles. The van der Waals surface area contributed by atoms with E-state index in [0.717, 1.165) is 0 Å². The number of hydrogen-bond acceptors (Lipinski definition) is 4. The molecule has 0 saturated carbocycles. The van der Waals surface area contributed by atoms with Crippen LogP contribution in [0.25, 0.3) is 0 Å². The minimum absolute atomic E-state index is 0.0300. The lowest BCUT2D eigenvalue weighted by molar-refractivity contribution is 0.0469. The third-order valence-corrected chi connectivity index (χ3v) is 3.57. The van der Waals surface area contributed by atoms with Gasteiger partial charge in [-0.2, -0.15) is 5.26 Å². The predicted octanol–water partition coefficient (Wildman–Crippen LogP) is 4.71. The molecule has 0 radical (unpaired) electrons. The molecule has 0 atom stereocenters. The molecule has 0 aliphatic heterocycles. The average molecular weight is 329 g/mol. The first-order valence-electron chi connectivity index (χ1n) is 7.75. The molecule has 3 aromatic rings. The molecule has 4 nitrogen and oxygen atoms in total. The second-order valence-corrected chi connectivity index (χ2v) is 5.26. The summed E-state index contributed by atoms with van der Waals surface area (Å²) in [6.07, 6.45) is 0. The van der Waals surface area contributed by atoms with Gasteiger partial charge in [-0.15, -0.1) is 0 Å². The zero-order valence-corrected chi connectivity index (χ0v) is 13.4. The van der Waals surface area contributed by atoms with Gasteiger partial charge in [0.15, 0.2) is 0 Å². The number of nitriles is 1. The van der Waals surface area contributed by atoms with Crippen LogP contribution >= 0.6 is 0 Å². The van der Waals surface area contributed by atoms with Gasteiger partial charge in [-0.3, -0.25) is 0 Å². The Balaban J connectivity index is 1.75. The molecule has 0 unspecified atom stereocenters. The summed E-state index contributed by atoms with van der Waals surface area (Å²) in [6, 6.07) is 25.2. The molecule has 3 rings (SSSR count). The molecule has 0 fully saturated rings. The smallest absolute Gasteiger partial charge is 0.342 e. The minimum Gasteiger partial charge on any atom is -0.457 e. The summed E-state index contributed by atoms with van der Waals surface area (Å²) < 4.78 is 11.1. The molecule has 0 spiro atoms. The van der Waals surface area contributed by atoms with E-state index in [9.17, 15) is 4.79 Å². The van der Waals surface area contributed by atoms with Crippen LogP contribution in [0.3, 0.4) is 0 Å². The SMILES string of the molecule is N#Cc1ccccc1COC(=O)c1ccccc1Oc1ccccc1. The van der Waals surface area contributed by atoms with Crippen LogP contribution in [-0.4, -0.2) is 5.97 Å². The topological polar surface area (TPSA) is 59.3 Å². The molecule has 122 valence electrons. The monoisotopic (exact) mass is 329 g/mol. The Morgan fingerprint density at radius 1 is 0.880 bits per heavy atom. The van der Waals surface area contributed by atoms with Crippen molar-refractivity contribution in [2.45, 2.75) is 6.61 Å². The van der Waals surface area contributed by atoms with E-state index in [0.29, 0.717) is 28.2 Å². The molecule has 0 aliphatic rings. The minimum atomic E-state index is -0.501. The van der Waals surface area contributed by atoms with Crippen LogP contribution in [0.15, 0.2) is 78.9 Å². The molecule has 0 saturated heterocycles. The van der Waals surface area contributed by atoms with Crippen molar-refractivity contribution in [1.29, 1.82) is 5.26 Å². The fourth-order valence-corrected chi connectivity index (χ4v) is 2.32. The molecule has 4 heteroatoms. The fourth-order valence-electron chi connectivity index (χ4n) is 2.32. The van der Waals surface area contributed by atoms with Crippen LogP contribution in [-0.2, 0) is 11.3 Å². The number of carbonyl (C=O) groups excluding carboxylic acids is 1. The summed E-state index contributed by atoms with van der Waals surface area (Å²) in [6.45, 7) is 0.0300. The van der Waals surface area contributed by atoms with E-state index in [1.54, 1.807) is 48.5 Å². The highest BCUT2D eigenvalue weighted by Gasteiger charge is 2.15. The van der Waals surface area contributed by atoms with E-state index >= 15 is 0 Å². The molecule has 0 N–H and O–H groups in total. The van der Waals surface area contributed by atoms with Crippen molar-refractivity contribution in [3.8, 4) is 17.6 Å². The van der Waals surface area contributed by atoms with Gasteiger partial charge in [-0.05, 0) is 30.3 Å². The van der Waals surface area contributed by atoms with Crippen LogP contribution in [0.2, 0.25) is 0 Å². The quantitative estimate of drug-likeness (QED) is 0.636. The van der Waals surface area contributed by atoms with Gasteiger partial charge in [0, 0.05) is 5.56 Å². The lowest BCUT2D eigenvalue weighted by atomic mass is 10.1. The molecule has 0 amide bonds. The summed E-state index contributed by atoms with van der Waals surface area (Å²) >= 11 is 0. The second kappa shape index (κ2) is 7.80. The van der Waals surface area contributed by atoms with Gasteiger partial charge in [0.25, 0.3) is 0 Å². The number of carbonyl (C=O) groups is 1. The number of ether oxygens (including phenoxy) is 2. The first-order valence-corrected chi connectivity index (χ1v) is 7.75. The van der Waals surface area contributed by atoms with Crippen LogP contribution in [0, 0.1) is 11.3 Å². The Labute approximate surface area is 145 Å². The van der Waals surface area contributed by atoms with Gasteiger partial charge < -0.3 is 9.47 Å². The lowest BCUT2D eigenvalue weighted by Crippen LogP contribution is -2.07. The average Bonchev–Trinajstić information content (AvgIpc) is 2.67. The molecule has 0 bridgehead atoms. The standard InChI is InChI=1S/C21H15NO3/c22-14-16-8-4-5-9-17(16)15-24-21(23)19-12-6-7-13-20(19)25-18-10-2-1-3-11-18/h1-13H,15H2. The van der Waals surface area contributed by atoms with E-state index in [-0.39, 0.29) is 6.61 Å². The number of para-hydroxylation sites is 2. The maximum Gasteiger partial charge on any atom is 0.342 e. The second-order valence-electron chi connectivity index (χ2n) is 5.26. The summed E-state index contributed by atoms with van der Waals surface area (Å²) in [5, 5.41) is 9.10. The Kier molecular flexibility index (Phi) is 5.08. The predicted molar refractivity (Wildman–Crippen MR) is 93.2 cm³/mol. The number of rotatable bonds is 5. The zero-order chi connectivity index (χ0) is 17.5. The van der Waals surface area contributed by atoms with Gasteiger partial charge in [-0.1, -0.05) is 48.5 Å². The van der Waals surface area contributed by atoms with Crippen LogP contribution in [0.4, 0.5) is 0 Å². The van der Waals surface area contributed by atoms with Gasteiger partial charge in [0.05, 0.1) is 11.6 Å². The first-order chi connectivity index (χ1) is 12.3. The van der Waals surface area contributed by atoms with E-state index in [1.165, 1.54) is 0 Å². The first kappa shape index (κ1) is 16.3. The molecule has 3 aromatic carbocycles. The van der Waals surface area contributed by atoms with E-state index in [1.807, 2.05) is 30.3 Å². The number of esters is 1. The largest absolute Gasteiger partial charge is 0.457 e. The summed E-state index contributed by atoms with van der Waals surface area (Å²) in [5.74, 6) is 0.559. The summed E-state index contributed by atoms with van der Waals surface area (Å²) in [7, 11) is 0. The van der Waals surface area contributed by atoms with Crippen molar-refractivity contribution >= 4 is 5.97 Å². The fraction of sp³-hybridized carbons (Fsp3) is 0.0476.